The van der Waals surface area contributed by atoms with Crippen LogP contribution in [0, 0.1) is 5.92 Å². The van der Waals surface area contributed by atoms with Gasteiger partial charge in [0, 0.05) is 22.6 Å². The molecule has 130 valence electrons. The molecule has 25 heavy (non-hydrogen) atoms. The van der Waals surface area contributed by atoms with Gasteiger partial charge in [-0.2, -0.15) is 0 Å². The molecule has 0 bridgehead atoms. The third-order valence-electron chi connectivity index (χ3n) is 3.82. The van der Waals surface area contributed by atoms with Crippen molar-refractivity contribution in [1.29, 1.82) is 0 Å². The lowest BCUT2D eigenvalue weighted by atomic mass is 10.2. The van der Waals surface area contributed by atoms with E-state index in [4.69, 9.17) is 4.74 Å². The van der Waals surface area contributed by atoms with Crippen molar-refractivity contribution in [2.24, 2.45) is 5.92 Å². The Labute approximate surface area is 154 Å². The van der Waals surface area contributed by atoms with Crippen LogP contribution < -0.4 is 15.4 Å². The number of ether oxygens (including phenoxy) is 1. The van der Waals surface area contributed by atoms with Gasteiger partial charge in [-0.25, -0.2) is 0 Å². The third kappa shape index (κ3) is 5.60. The van der Waals surface area contributed by atoms with Crippen molar-refractivity contribution >= 4 is 33.4 Å². The van der Waals surface area contributed by atoms with Crippen LogP contribution in [0.15, 0.2) is 53.0 Å². The van der Waals surface area contributed by atoms with Crippen LogP contribution in [0.2, 0.25) is 0 Å². The van der Waals surface area contributed by atoms with Gasteiger partial charge in [0.15, 0.2) is 6.61 Å². The molecule has 5 nitrogen and oxygen atoms in total. The average Bonchev–Trinajstić information content (AvgIpc) is 3.45. The first-order valence-corrected chi connectivity index (χ1v) is 8.94. The van der Waals surface area contributed by atoms with Crippen molar-refractivity contribution in [3.8, 4) is 5.75 Å². The molecule has 2 N–H and O–H groups in total. The van der Waals surface area contributed by atoms with Crippen LogP contribution >= 0.6 is 15.9 Å². The normalized spacial score (nSPS) is 13.2. The van der Waals surface area contributed by atoms with E-state index >= 15 is 0 Å². The highest BCUT2D eigenvalue weighted by molar-refractivity contribution is 9.10. The van der Waals surface area contributed by atoms with Crippen molar-refractivity contribution in [3.63, 3.8) is 0 Å². The highest BCUT2D eigenvalue weighted by atomic mass is 79.9. The predicted octanol–water partition coefficient (Wildman–Crippen LogP) is 3.49. The molecule has 6 heteroatoms. The van der Waals surface area contributed by atoms with E-state index in [1.807, 2.05) is 36.4 Å². The standard InChI is InChI=1S/C19H19BrN2O3/c20-15-6-8-17(9-7-15)25-12-18(23)21-11-13-2-1-3-16(10-13)22-19(24)14-4-5-14/h1-3,6-10,14H,4-5,11-12H2,(H,21,23)(H,22,24). The fraction of sp³-hybridized carbons (Fsp3) is 0.263. The smallest absolute Gasteiger partial charge is 0.258 e. The summed E-state index contributed by atoms with van der Waals surface area (Å²) in [6.45, 7) is 0.343. The minimum absolute atomic E-state index is 0.0419. The van der Waals surface area contributed by atoms with Gasteiger partial charge in [0.1, 0.15) is 5.75 Å². The number of carbonyl (C=O) groups excluding carboxylic acids is 2. The second-order valence-electron chi connectivity index (χ2n) is 5.98. The summed E-state index contributed by atoms with van der Waals surface area (Å²) >= 11 is 3.35. The van der Waals surface area contributed by atoms with Crippen molar-refractivity contribution in [3.05, 3.63) is 58.6 Å². The van der Waals surface area contributed by atoms with Crippen molar-refractivity contribution in [1.82, 2.24) is 5.32 Å². The van der Waals surface area contributed by atoms with Crippen molar-refractivity contribution in [2.75, 3.05) is 11.9 Å². The summed E-state index contributed by atoms with van der Waals surface area (Å²) in [5, 5.41) is 5.71. The number of benzene rings is 2. The fourth-order valence-corrected chi connectivity index (χ4v) is 2.54. The molecule has 0 saturated heterocycles. The lowest BCUT2D eigenvalue weighted by molar-refractivity contribution is -0.123. The van der Waals surface area contributed by atoms with Gasteiger partial charge in [0.05, 0.1) is 0 Å². The molecule has 0 aliphatic heterocycles. The summed E-state index contributed by atoms with van der Waals surface area (Å²) in [5.41, 5.74) is 1.68. The number of rotatable bonds is 7. The summed E-state index contributed by atoms with van der Waals surface area (Å²) in [7, 11) is 0. The predicted molar refractivity (Wildman–Crippen MR) is 99.3 cm³/mol. The second kappa shape index (κ2) is 8.16. The molecule has 1 fully saturated rings. The van der Waals surface area contributed by atoms with E-state index in [-0.39, 0.29) is 24.3 Å². The zero-order valence-electron chi connectivity index (χ0n) is 13.6. The molecule has 2 aromatic carbocycles. The molecule has 0 atom stereocenters. The van der Waals surface area contributed by atoms with E-state index in [0.29, 0.717) is 12.3 Å². The topological polar surface area (TPSA) is 67.4 Å². The van der Waals surface area contributed by atoms with Gasteiger partial charge in [-0.15, -0.1) is 0 Å². The maximum absolute atomic E-state index is 11.9. The van der Waals surface area contributed by atoms with Gasteiger partial charge >= 0.3 is 0 Å². The molecule has 0 heterocycles. The van der Waals surface area contributed by atoms with E-state index in [1.165, 1.54) is 0 Å². The molecular formula is C19H19BrN2O3. The molecule has 1 aliphatic rings. The largest absolute Gasteiger partial charge is 0.484 e. The number of nitrogens with one attached hydrogen (secondary N) is 2. The van der Waals surface area contributed by atoms with Gasteiger partial charge in [-0.1, -0.05) is 28.1 Å². The van der Waals surface area contributed by atoms with Gasteiger partial charge in [0.25, 0.3) is 5.91 Å². The maximum atomic E-state index is 11.9. The average molecular weight is 403 g/mol. The van der Waals surface area contributed by atoms with E-state index in [0.717, 1.165) is 28.6 Å². The van der Waals surface area contributed by atoms with E-state index in [9.17, 15) is 9.59 Å². The molecule has 1 aliphatic carbocycles. The number of amides is 2. The van der Waals surface area contributed by atoms with Gasteiger partial charge < -0.3 is 15.4 Å². The molecule has 2 amide bonds. The highest BCUT2D eigenvalue weighted by Crippen LogP contribution is 2.30. The minimum Gasteiger partial charge on any atom is -0.484 e. The highest BCUT2D eigenvalue weighted by Gasteiger charge is 2.29. The van der Waals surface area contributed by atoms with Crippen LogP contribution in [-0.4, -0.2) is 18.4 Å². The van der Waals surface area contributed by atoms with Crippen LogP contribution in [-0.2, 0) is 16.1 Å². The summed E-state index contributed by atoms with van der Waals surface area (Å²) in [6, 6.07) is 14.8. The fourth-order valence-electron chi connectivity index (χ4n) is 2.28. The third-order valence-corrected chi connectivity index (χ3v) is 4.34. The zero-order valence-corrected chi connectivity index (χ0v) is 15.2. The summed E-state index contributed by atoms with van der Waals surface area (Å²) in [5.74, 6) is 0.682. The van der Waals surface area contributed by atoms with Gasteiger partial charge in [0.2, 0.25) is 5.91 Å². The zero-order chi connectivity index (χ0) is 17.6. The lowest BCUT2D eigenvalue weighted by Gasteiger charge is -2.09. The first-order valence-electron chi connectivity index (χ1n) is 8.15. The Morgan fingerprint density at radius 3 is 2.60 bits per heavy atom. The quantitative estimate of drug-likeness (QED) is 0.744. The van der Waals surface area contributed by atoms with Crippen LogP contribution in [0.1, 0.15) is 18.4 Å². The molecule has 3 rings (SSSR count). The molecule has 0 radical (unpaired) electrons. The number of hydrogen-bond acceptors (Lipinski definition) is 3. The molecule has 1 saturated carbocycles. The molecular weight excluding hydrogens is 384 g/mol. The monoisotopic (exact) mass is 402 g/mol. The van der Waals surface area contributed by atoms with E-state index < -0.39 is 0 Å². The molecule has 0 unspecified atom stereocenters. The number of anilines is 1. The van der Waals surface area contributed by atoms with E-state index in [2.05, 4.69) is 26.6 Å². The number of halogens is 1. The van der Waals surface area contributed by atoms with Gasteiger partial charge in [-0.05, 0) is 54.8 Å². The Kier molecular flexibility index (Phi) is 5.71. The molecule has 0 spiro atoms. The van der Waals surface area contributed by atoms with Gasteiger partial charge in [-0.3, -0.25) is 9.59 Å². The minimum atomic E-state index is -0.199. The van der Waals surface area contributed by atoms with Crippen LogP contribution in [0.3, 0.4) is 0 Å². The Morgan fingerprint density at radius 1 is 1.12 bits per heavy atom. The molecule has 0 aromatic heterocycles. The number of hydrogen-bond donors (Lipinski definition) is 2. The van der Waals surface area contributed by atoms with Crippen molar-refractivity contribution < 1.29 is 14.3 Å². The summed E-state index contributed by atoms with van der Waals surface area (Å²) in [4.78, 5) is 23.7. The SMILES string of the molecule is O=C(COc1ccc(Br)cc1)NCc1cccc(NC(=O)C2CC2)c1. The first kappa shape index (κ1) is 17.5. The Balaban J connectivity index is 1.45. The van der Waals surface area contributed by atoms with Crippen molar-refractivity contribution in [2.45, 2.75) is 19.4 Å². The summed E-state index contributed by atoms with van der Waals surface area (Å²) < 4.78 is 6.39. The Morgan fingerprint density at radius 2 is 1.88 bits per heavy atom. The van der Waals surface area contributed by atoms with Crippen LogP contribution in [0.4, 0.5) is 5.69 Å². The van der Waals surface area contributed by atoms with Crippen LogP contribution in [0.25, 0.3) is 0 Å². The summed E-state index contributed by atoms with van der Waals surface area (Å²) in [6.07, 6.45) is 1.94. The lowest BCUT2D eigenvalue weighted by Crippen LogP contribution is -2.28. The molecule has 2 aromatic rings. The van der Waals surface area contributed by atoms with E-state index in [1.54, 1.807) is 12.1 Å². The maximum Gasteiger partial charge on any atom is 0.258 e. The number of carbonyl (C=O) groups is 2. The second-order valence-corrected chi connectivity index (χ2v) is 6.90. The Hall–Kier alpha value is -2.34. The Bertz CT molecular complexity index is 758. The first-order chi connectivity index (χ1) is 12.1. The van der Waals surface area contributed by atoms with Crippen LogP contribution in [0.5, 0.6) is 5.75 Å².